The molecule has 90 valence electrons. The molecule has 0 heterocycles. The Hall–Kier alpha value is -0.530. The van der Waals surface area contributed by atoms with Crippen LogP contribution in [0.2, 0.25) is 0 Å². The van der Waals surface area contributed by atoms with E-state index in [0.717, 1.165) is 6.42 Å². The van der Waals surface area contributed by atoms with E-state index in [0.29, 0.717) is 0 Å². The molecule has 0 aromatic heterocycles. The molecule has 1 atom stereocenters. The standard InChI is InChI=1S/C13H27NO/c1-9-13(5,6)10(12(2,3)4)11(15)14(7)8/h10H,9H2,1-8H3. The number of rotatable bonds is 3. The van der Waals surface area contributed by atoms with Gasteiger partial charge in [0.05, 0.1) is 0 Å². The quantitative estimate of drug-likeness (QED) is 0.705. The highest BCUT2D eigenvalue weighted by Crippen LogP contribution is 2.43. The third-order valence-corrected chi connectivity index (χ3v) is 3.25. The second-order valence-electron chi connectivity index (χ2n) is 6.37. The van der Waals surface area contributed by atoms with Crippen LogP contribution in [-0.2, 0) is 4.79 Å². The molecule has 0 aliphatic carbocycles. The van der Waals surface area contributed by atoms with Gasteiger partial charge >= 0.3 is 0 Å². The van der Waals surface area contributed by atoms with Crippen LogP contribution < -0.4 is 0 Å². The molecule has 1 unspecified atom stereocenters. The van der Waals surface area contributed by atoms with Crippen LogP contribution in [0.15, 0.2) is 0 Å². The smallest absolute Gasteiger partial charge is 0.226 e. The summed E-state index contributed by atoms with van der Waals surface area (Å²) >= 11 is 0. The number of hydrogen-bond acceptors (Lipinski definition) is 1. The summed E-state index contributed by atoms with van der Waals surface area (Å²) in [5.74, 6) is 0.319. The molecule has 15 heavy (non-hydrogen) atoms. The average molecular weight is 213 g/mol. The fraction of sp³-hybridized carbons (Fsp3) is 0.923. The minimum atomic E-state index is 0.0147. The molecule has 2 heteroatoms. The first-order valence-electron chi connectivity index (χ1n) is 5.75. The first kappa shape index (κ1) is 14.5. The van der Waals surface area contributed by atoms with Crippen molar-refractivity contribution in [3.8, 4) is 0 Å². The molecular weight excluding hydrogens is 186 g/mol. The minimum absolute atomic E-state index is 0.0147. The van der Waals surface area contributed by atoms with Crippen LogP contribution in [-0.4, -0.2) is 24.9 Å². The maximum atomic E-state index is 12.2. The predicted molar refractivity (Wildman–Crippen MR) is 65.7 cm³/mol. The Morgan fingerprint density at radius 1 is 1.13 bits per heavy atom. The Bertz CT molecular complexity index is 223. The van der Waals surface area contributed by atoms with Gasteiger partial charge in [0.2, 0.25) is 5.91 Å². The second-order valence-corrected chi connectivity index (χ2v) is 6.37. The Morgan fingerprint density at radius 3 is 1.73 bits per heavy atom. The monoisotopic (exact) mass is 213 g/mol. The van der Waals surface area contributed by atoms with Gasteiger partial charge in [-0.15, -0.1) is 0 Å². The van der Waals surface area contributed by atoms with Crippen molar-refractivity contribution in [3.05, 3.63) is 0 Å². The van der Waals surface area contributed by atoms with Crippen molar-refractivity contribution in [1.82, 2.24) is 4.90 Å². The van der Waals surface area contributed by atoms with Crippen molar-refractivity contribution in [2.75, 3.05) is 14.1 Å². The fourth-order valence-corrected chi connectivity index (χ4v) is 2.34. The van der Waals surface area contributed by atoms with Gasteiger partial charge in [-0.2, -0.15) is 0 Å². The van der Waals surface area contributed by atoms with Gasteiger partial charge < -0.3 is 4.90 Å². The van der Waals surface area contributed by atoms with Crippen LogP contribution in [0.25, 0.3) is 0 Å². The van der Waals surface area contributed by atoms with Gasteiger partial charge in [0.25, 0.3) is 0 Å². The molecule has 0 N–H and O–H groups in total. The van der Waals surface area contributed by atoms with Gasteiger partial charge in [-0.1, -0.05) is 48.0 Å². The highest BCUT2D eigenvalue weighted by atomic mass is 16.2. The SMILES string of the molecule is CCC(C)(C)C(C(=O)N(C)C)C(C)(C)C. The highest BCUT2D eigenvalue weighted by Gasteiger charge is 2.42. The lowest BCUT2D eigenvalue weighted by Crippen LogP contribution is -2.45. The van der Waals surface area contributed by atoms with Crippen molar-refractivity contribution in [3.63, 3.8) is 0 Å². The summed E-state index contributed by atoms with van der Waals surface area (Å²) in [7, 11) is 3.68. The largest absolute Gasteiger partial charge is 0.349 e. The van der Waals surface area contributed by atoms with E-state index in [4.69, 9.17) is 0 Å². The molecule has 0 rings (SSSR count). The van der Waals surface area contributed by atoms with Gasteiger partial charge in [-0.05, 0) is 10.8 Å². The third kappa shape index (κ3) is 3.51. The van der Waals surface area contributed by atoms with Gasteiger partial charge in [0, 0.05) is 20.0 Å². The van der Waals surface area contributed by atoms with Crippen LogP contribution in [0.3, 0.4) is 0 Å². The summed E-state index contributed by atoms with van der Waals surface area (Å²) in [5, 5.41) is 0. The Kier molecular flexibility index (Phi) is 4.38. The highest BCUT2D eigenvalue weighted by molar-refractivity contribution is 5.79. The third-order valence-electron chi connectivity index (χ3n) is 3.25. The molecule has 0 saturated carbocycles. The Balaban J connectivity index is 5.17. The maximum Gasteiger partial charge on any atom is 0.226 e. The first-order valence-corrected chi connectivity index (χ1v) is 5.75. The molecule has 0 bridgehead atoms. The Labute approximate surface area is 95.0 Å². The topological polar surface area (TPSA) is 20.3 Å². The zero-order chi connectivity index (χ0) is 12.4. The molecule has 0 saturated heterocycles. The summed E-state index contributed by atoms with van der Waals surface area (Å²) in [6.07, 6.45) is 1.02. The minimum Gasteiger partial charge on any atom is -0.349 e. The van der Waals surface area contributed by atoms with E-state index in [1.54, 1.807) is 4.90 Å². The molecule has 2 nitrogen and oxygen atoms in total. The van der Waals surface area contributed by atoms with Crippen LogP contribution >= 0.6 is 0 Å². The van der Waals surface area contributed by atoms with Crippen LogP contribution in [0.1, 0.15) is 48.0 Å². The molecule has 0 spiro atoms. The van der Waals surface area contributed by atoms with Crippen molar-refractivity contribution in [2.24, 2.45) is 16.7 Å². The molecular formula is C13H27NO. The van der Waals surface area contributed by atoms with Gasteiger partial charge in [-0.25, -0.2) is 0 Å². The zero-order valence-electron chi connectivity index (χ0n) is 11.6. The Morgan fingerprint density at radius 2 is 1.53 bits per heavy atom. The molecule has 0 aliphatic heterocycles. The summed E-state index contributed by atoms with van der Waals surface area (Å²) < 4.78 is 0. The van der Waals surface area contributed by atoms with Crippen molar-refractivity contribution in [2.45, 2.75) is 48.0 Å². The second kappa shape index (κ2) is 4.54. The summed E-state index contributed by atoms with van der Waals surface area (Å²) in [6, 6.07) is 0. The maximum absolute atomic E-state index is 12.2. The van der Waals surface area contributed by atoms with Crippen molar-refractivity contribution >= 4 is 5.91 Å². The summed E-state index contributed by atoms with van der Waals surface area (Å²) in [5.41, 5.74) is 0.0699. The van der Waals surface area contributed by atoms with E-state index >= 15 is 0 Å². The van der Waals surface area contributed by atoms with Crippen LogP contribution in [0.4, 0.5) is 0 Å². The van der Waals surface area contributed by atoms with Crippen molar-refractivity contribution in [1.29, 1.82) is 0 Å². The lowest BCUT2D eigenvalue weighted by molar-refractivity contribution is -0.142. The van der Waals surface area contributed by atoms with E-state index in [9.17, 15) is 4.79 Å². The molecule has 0 aromatic carbocycles. The van der Waals surface area contributed by atoms with Crippen LogP contribution in [0, 0.1) is 16.7 Å². The van der Waals surface area contributed by atoms with Gasteiger partial charge in [-0.3, -0.25) is 4.79 Å². The van der Waals surface area contributed by atoms with Crippen molar-refractivity contribution < 1.29 is 4.79 Å². The fourth-order valence-electron chi connectivity index (χ4n) is 2.34. The molecule has 0 fully saturated rings. The van der Waals surface area contributed by atoms with Crippen LogP contribution in [0.5, 0.6) is 0 Å². The zero-order valence-corrected chi connectivity index (χ0v) is 11.6. The number of hydrogen-bond donors (Lipinski definition) is 0. The van der Waals surface area contributed by atoms with Gasteiger partial charge in [0.15, 0.2) is 0 Å². The number of nitrogens with zero attached hydrogens (tertiary/aromatic N) is 1. The van der Waals surface area contributed by atoms with E-state index < -0.39 is 0 Å². The lowest BCUT2D eigenvalue weighted by atomic mass is 9.64. The number of carbonyl (C=O) groups excluding carboxylic acids is 1. The van der Waals surface area contributed by atoms with E-state index in [1.165, 1.54) is 0 Å². The number of carbonyl (C=O) groups is 1. The average Bonchev–Trinajstić information content (AvgIpc) is 2.01. The van der Waals surface area contributed by atoms with Gasteiger partial charge in [0.1, 0.15) is 0 Å². The molecule has 1 amide bonds. The van der Waals surface area contributed by atoms with E-state index in [2.05, 4.69) is 41.5 Å². The molecule has 0 aromatic rings. The normalized spacial score (nSPS) is 14.9. The lowest BCUT2D eigenvalue weighted by Gasteiger charge is -2.42. The van der Waals surface area contributed by atoms with E-state index in [1.807, 2.05) is 14.1 Å². The molecule has 0 radical (unpaired) electrons. The molecule has 0 aliphatic rings. The summed E-state index contributed by atoms with van der Waals surface area (Å²) in [6.45, 7) is 13.0. The summed E-state index contributed by atoms with van der Waals surface area (Å²) in [4.78, 5) is 13.9. The first-order chi connectivity index (χ1) is 6.54. The van der Waals surface area contributed by atoms with E-state index in [-0.39, 0.29) is 22.7 Å². The predicted octanol–water partition coefficient (Wildman–Crippen LogP) is 3.17. The number of amides is 1.